The van der Waals surface area contributed by atoms with Gasteiger partial charge in [0.2, 0.25) is 5.13 Å². The van der Waals surface area contributed by atoms with Crippen LogP contribution < -0.4 is 4.90 Å². The maximum Gasteiger partial charge on any atom is 0.209 e. The van der Waals surface area contributed by atoms with Gasteiger partial charge in [0.15, 0.2) is 10.1 Å². The quantitative estimate of drug-likeness (QED) is 0.392. The lowest BCUT2D eigenvalue weighted by Crippen LogP contribution is -2.36. The molecule has 0 radical (unpaired) electrons. The summed E-state index contributed by atoms with van der Waals surface area (Å²) in [6, 6.07) is 6.40. The van der Waals surface area contributed by atoms with Crippen LogP contribution in [-0.4, -0.2) is 52.6 Å². The molecule has 1 fully saturated rings. The SMILES string of the molecule is Cc1cc(C(=O)CSc2nnc(N3CCOCC3)s2)c(C)n1-c1ccc(F)c(Cl)c1. The zero-order valence-corrected chi connectivity index (χ0v) is 18.9. The summed E-state index contributed by atoms with van der Waals surface area (Å²) in [5.41, 5.74) is 3.04. The highest BCUT2D eigenvalue weighted by atomic mass is 35.5. The molecule has 0 amide bonds. The third-order valence-corrected chi connectivity index (χ3v) is 7.30. The number of halogens is 2. The number of hydrogen-bond donors (Lipinski definition) is 0. The Morgan fingerprint density at radius 2 is 2.03 bits per heavy atom. The van der Waals surface area contributed by atoms with E-state index in [1.54, 1.807) is 12.1 Å². The van der Waals surface area contributed by atoms with Crippen LogP contribution in [0.1, 0.15) is 21.7 Å². The lowest BCUT2D eigenvalue weighted by molar-refractivity contribution is 0.102. The van der Waals surface area contributed by atoms with Gasteiger partial charge in [0.1, 0.15) is 5.82 Å². The predicted molar refractivity (Wildman–Crippen MR) is 118 cm³/mol. The normalized spacial score (nSPS) is 14.3. The van der Waals surface area contributed by atoms with Gasteiger partial charge in [-0.1, -0.05) is 34.7 Å². The number of morpholine rings is 1. The summed E-state index contributed by atoms with van der Waals surface area (Å²) in [4.78, 5) is 15.0. The molecule has 6 nitrogen and oxygen atoms in total. The second-order valence-electron chi connectivity index (χ2n) is 6.88. The molecule has 158 valence electrons. The third-order valence-electron chi connectivity index (χ3n) is 4.90. The fourth-order valence-electron chi connectivity index (χ4n) is 3.41. The lowest BCUT2D eigenvalue weighted by Gasteiger charge is -2.25. The van der Waals surface area contributed by atoms with Gasteiger partial charge in [-0.05, 0) is 38.1 Å². The van der Waals surface area contributed by atoms with Gasteiger partial charge in [-0.3, -0.25) is 4.79 Å². The van der Waals surface area contributed by atoms with Crippen molar-refractivity contribution in [3.63, 3.8) is 0 Å². The Morgan fingerprint density at radius 1 is 1.27 bits per heavy atom. The van der Waals surface area contributed by atoms with Crippen LogP contribution in [0.15, 0.2) is 28.6 Å². The molecule has 0 saturated carbocycles. The van der Waals surface area contributed by atoms with Gasteiger partial charge in [0.05, 0.1) is 24.0 Å². The number of Topliss-reactive ketones (excluding diaryl/α,β-unsaturated/α-hetero) is 1. The minimum atomic E-state index is -0.468. The van der Waals surface area contributed by atoms with Crippen molar-refractivity contribution in [2.45, 2.75) is 18.2 Å². The fourth-order valence-corrected chi connectivity index (χ4v) is 5.37. The van der Waals surface area contributed by atoms with Crippen LogP contribution in [0.3, 0.4) is 0 Å². The maximum atomic E-state index is 13.5. The van der Waals surface area contributed by atoms with Crippen LogP contribution in [0.5, 0.6) is 0 Å². The van der Waals surface area contributed by atoms with Crippen LogP contribution in [0.4, 0.5) is 9.52 Å². The number of aromatic nitrogens is 3. The average molecular weight is 467 g/mol. The summed E-state index contributed by atoms with van der Waals surface area (Å²) >= 11 is 8.81. The summed E-state index contributed by atoms with van der Waals surface area (Å²) in [6.07, 6.45) is 0. The summed E-state index contributed by atoms with van der Waals surface area (Å²) in [7, 11) is 0. The molecule has 1 aromatic carbocycles. The molecule has 0 N–H and O–H groups in total. The monoisotopic (exact) mass is 466 g/mol. The standard InChI is InChI=1S/C20H20ClFN4O2S2/c1-12-9-15(13(2)26(12)14-3-4-17(22)16(21)10-14)18(27)11-29-20-24-23-19(30-20)25-5-7-28-8-6-25/h3-4,9-10H,5-8,11H2,1-2H3. The van der Waals surface area contributed by atoms with Crippen LogP contribution >= 0.6 is 34.7 Å². The Morgan fingerprint density at radius 3 is 2.77 bits per heavy atom. The molecule has 0 atom stereocenters. The van der Waals surface area contributed by atoms with Gasteiger partial charge in [-0.25, -0.2) is 4.39 Å². The number of aryl methyl sites for hydroxylation is 1. The summed E-state index contributed by atoms with van der Waals surface area (Å²) in [5, 5.41) is 9.36. The first-order valence-electron chi connectivity index (χ1n) is 9.40. The summed E-state index contributed by atoms with van der Waals surface area (Å²) in [6.45, 7) is 6.78. The van der Waals surface area contributed by atoms with Gasteiger partial charge in [-0.15, -0.1) is 10.2 Å². The van der Waals surface area contributed by atoms with Gasteiger partial charge in [0.25, 0.3) is 0 Å². The highest BCUT2D eigenvalue weighted by Crippen LogP contribution is 2.30. The minimum absolute atomic E-state index is 0.00989. The Balaban J connectivity index is 1.46. The van der Waals surface area contributed by atoms with E-state index in [1.807, 2.05) is 24.5 Å². The van der Waals surface area contributed by atoms with Crippen molar-refractivity contribution in [2.75, 3.05) is 37.0 Å². The molecular weight excluding hydrogens is 447 g/mol. The molecule has 0 unspecified atom stereocenters. The Kier molecular flexibility index (Phi) is 6.43. The molecule has 1 saturated heterocycles. The van der Waals surface area contributed by atoms with E-state index in [2.05, 4.69) is 15.1 Å². The van der Waals surface area contributed by atoms with Crippen molar-refractivity contribution in [3.8, 4) is 5.69 Å². The van der Waals surface area contributed by atoms with Crippen molar-refractivity contribution < 1.29 is 13.9 Å². The smallest absolute Gasteiger partial charge is 0.209 e. The van der Waals surface area contributed by atoms with E-state index in [4.69, 9.17) is 16.3 Å². The van der Waals surface area contributed by atoms with Crippen LogP contribution in [0, 0.1) is 19.7 Å². The molecule has 10 heteroatoms. The van der Waals surface area contributed by atoms with E-state index in [0.29, 0.717) is 18.8 Å². The topological polar surface area (TPSA) is 60.3 Å². The number of rotatable bonds is 6. The average Bonchev–Trinajstić information content (AvgIpc) is 3.33. The molecule has 0 bridgehead atoms. The fraction of sp³-hybridized carbons (Fsp3) is 0.350. The molecule has 4 rings (SSSR count). The second-order valence-corrected chi connectivity index (χ2v) is 9.47. The van der Waals surface area contributed by atoms with Crippen molar-refractivity contribution in [2.24, 2.45) is 0 Å². The molecule has 0 aliphatic carbocycles. The zero-order chi connectivity index (χ0) is 21.3. The maximum absolute atomic E-state index is 13.5. The van der Waals surface area contributed by atoms with Crippen LogP contribution in [-0.2, 0) is 4.74 Å². The number of carbonyl (C=O) groups is 1. The first-order chi connectivity index (χ1) is 14.4. The molecule has 30 heavy (non-hydrogen) atoms. The Labute approximate surface area is 187 Å². The van der Waals surface area contributed by atoms with Crippen molar-refractivity contribution in [3.05, 3.63) is 52.1 Å². The van der Waals surface area contributed by atoms with Gasteiger partial charge < -0.3 is 14.2 Å². The van der Waals surface area contributed by atoms with E-state index >= 15 is 0 Å². The number of anilines is 1. The first kappa shape index (κ1) is 21.3. The number of benzene rings is 1. The van der Waals surface area contributed by atoms with Crippen LogP contribution in [0.2, 0.25) is 5.02 Å². The molecule has 1 aliphatic rings. The highest BCUT2D eigenvalue weighted by Gasteiger charge is 2.20. The van der Waals surface area contributed by atoms with Crippen LogP contribution in [0.25, 0.3) is 5.69 Å². The van der Waals surface area contributed by atoms with Gasteiger partial charge in [0, 0.05) is 35.7 Å². The summed E-state index contributed by atoms with van der Waals surface area (Å²) in [5.74, 6) is -0.188. The van der Waals surface area contributed by atoms with E-state index in [1.165, 1.54) is 29.2 Å². The van der Waals surface area contributed by atoms with E-state index < -0.39 is 5.82 Å². The van der Waals surface area contributed by atoms with E-state index in [0.717, 1.165) is 39.6 Å². The molecular formula is C20H20ClFN4O2S2. The Hall–Kier alpha value is -1.94. The number of ether oxygens (including phenoxy) is 1. The van der Waals surface area contributed by atoms with Crippen molar-refractivity contribution in [1.82, 2.24) is 14.8 Å². The predicted octanol–water partition coefficient (Wildman–Crippen LogP) is 4.55. The largest absolute Gasteiger partial charge is 0.378 e. The molecule has 2 aromatic heterocycles. The first-order valence-corrected chi connectivity index (χ1v) is 11.6. The van der Waals surface area contributed by atoms with Crippen molar-refractivity contribution in [1.29, 1.82) is 0 Å². The third kappa shape index (κ3) is 4.39. The van der Waals surface area contributed by atoms with E-state index in [9.17, 15) is 9.18 Å². The number of ketones is 1. The minimum Gasteiger partial charge on any atom is -0.378 e. The molecule has 3 aromatic rings. The highest BCUT2D eigenvalue weighted by molar-refractivity contribution is 8.01. The summed E-state index contributed by atoms with van der Waals surface area (Å²) < 4.78 is 21.5. The number of carbonyl (C=O) groups excluding carboxylic acids is 1. The number of thioether (sulfide) groups is 1. The van der Waals surface area contributed by atoms with Crippen molar-refractivity contribution >= 4 is 45.6 Å². The molecule has 3 heterocycles. The molecule has 1 aliphatic heterocycles. The number of hydrogen-bond acceptors (Lipinski definition) is 7. The van der Waals surface area contributed by atoms with Gasteiger partial charge in [-0.2, -0.15) is 0 Å². The van der Waals surface area contributed by atoms with Gasteiger partial charge >= 0.3 is 0 Å². The lowest BCUT2D eigenvalue weighted by atomic mass is 10.2. The second kappa shape index (κ2) is 9.05. The zero-order valence-electron chi connectivity index (χ0n) is 16.5. The number of nitrogens with zero attached hydrogens (tertiary/aromatic N) is 4. The Bertz CT molecular complexity index is 1080. The van der Waals surface area contributed by atoms with E-state index in [-0.39, 0.29) is 16.6 Å². The molecule has 0 spiro atoms.